The fraction of sp³-hybridized carbons (Fsp3) is 0.417. The average Bonchev–Trinajstić information content (AvgIpc) is 2.37. The molecule has 1 amide bonds. The average molecular weight is 274 g/mol. The van der Waals surface area contributed by atoms with Crippen molar-refractivity contribution in [3.05, 3.63) is 30.3 Å². The lowest BCUT2D eigenvalue weighted by Crippen LogP contribution is -2.28. The number of ether oxygens (including phenoxy) is 1. The van der Waals surface area contributed by atoms with Crippen LogP contribution in [0.25, 0.3) is 0 Å². The maximum absolute atomic E-state index is 11.4. The minimum Gasteiger partial charge on any atom is -0.378 e. The minimum atomic E-state index is 0.0216. The molecular formula is C12H16ClNO2S. The molecule has 0 aliphatic rings. The lowest BCUT2D eigenvalue weighted by molar-refractivity contribution is -0.118. The zero-order chi connectivity index (χ0) is 12.3. The van der Waals surface area contributed by atoms with Crippen LogP contribution in [0.15, 0.2) is 35.2 Å². The molecule has 0 saturated heterocycles. The van der Waals surface area contributed by atoms with E-state index in [2.05, 4.69) is 5.32 Å². The van der Waals surface area contributed by atoms with Crippen LogP contribution in [-0.4, -0.2) is 37.3 Å². The first kappa shape index (κ1) is 14.4. The molecule has 0 aromatic heterocycles. The Hall–Kier alpha value is -0.710. The molecule has 0 saturated carbocycles. The maximum Gasteiger partial charge on any atom is 0.230 e. The van der Waals surface area contributed by atoms with Crippen molar-refractivity contribution in [2.45, 2.75) is 4.90 Å². The van der Waals surface area contributed by atoms with Crippen molar-refractivity contribution < 1.29 is 9.53 Å². The number of rotatable bonds is 8. The topological polar surface area (TPSA) is 38.3 Å². The highest BCUT2D eigenvalue weighted by atomic mass is 35.5. The first-order chi connectivity index (χ1) is 8.33. The molecule has 1 aromatic rings. The monoisotopic (exact) mass is 273 g/mol. The van der Waals surface area contributed by atoms with Crippen LogP contribution in [0.4, 0.5) is 0 Å². The molecule has 0 atom stereocenters. The second kappa shape index (κ2) is 9.33. The summed E-state index contributed by atoms with van der Waals surface area (Å²) in [6.45, 7) is 1.57. The van der Waals surface area contributed by atoms with Gasteiger partial charge in [0.25, 0.3) is 0 Å². The number of nitrogens with one attached hydrogen (secondary N) is 1. The van der Waals surface area contributed by atoms with Crippen LogP contribution in [-0.2, 0) is 9.53 Å². The van der Waals surface area contributed by atoms with E-state index in [1.807, 2.05) is 30.3 Å². The Balaban J connectivity index is 2.05. The van der Waals surface area contributed by atoms with Gasteiger partial charge in [0.15, 0.2) is 0 Å². The Labute approximate surface area is 111 Å². The summed E-state index contributed by atoms with van der Waals surface area (Å²) in [6, 6.07) is 9.85. The van der Waals surface area contributed by atoms with E-state index in [1.165, 1.54) is 11.8 Å². The van der Waals surface area contributed by atoms with Crippen LogP contribution in [0.2, 0.25) is 0 Å². The fourth-order valence-electron chi connectivity index (χ4n) is 1.14. The Morgan fingerprint density at radius 1 is 1.29 bits per heavy atom. The third-order valence-electron chi connectivity index (χ3n) is 1.90. The highest BCUT2D eigenvalue weighted by Crippen LogP contribution is 2.15. The fourth-order valence-corrected chi connectivity index (χ4v) is 1.99. The smallest absolute Gasteiger partial charge is 0.230 e. The molecule has 0 heterocycles. The summed E-state index contributed by atoms with van der Waals surface area (Å²) in [4.78, 5) is 12.5. The predicted octanol–water partition coefficient (Wildman–Crippen LogP) is 2.15. The third kappa shape index (κ3) is 7.26. The number of thioether (sulfide) groups is 1. The van der Waals surface area contributed by atoms with Crippen LogP contribution in [0, 0.1) is 0 Å². The minimum absolute atomic E-state index is 0.0216. The first-order valence-electron chi connectivity index (χ1n) is 5.41. The van der Waals surface area contributed by atoms with E-state index >= 15 is 0 Å². The number of hydrogen-bond acceptors (Lipinski definition) is 3. The largest absolute Gasteiger partial charge is 0.378 e. The van der Waals surface area contributed by atoms with E-state index in [4.69, 9.17) is 16.3 Å². The normalized spacial score (nSPS) is 10.2. The van der Waals surface area contributed by atoms with E-state index < -0.39 is 0 Å². The van der Waals surface area contributed by atoms with E-state index in [1.54, 1.807) is 0 Å². The summed E-state index contributed by atoms with van der Waals surface area (Å²) in [5, 5.41) is 2.78. The van der Waals surface area contributed by atoms with Gasteiger partial charge in [-0.05, 0) is 12.1 Å². The molecule has 0 aliphatic heterocycles. The molecule has 1 aromatic carbocycles. The van der Waals surface area contributed by atoms with Gasteiger partial charge >= 0.3 is 0 Å². The summed E-state index contributed by atoms with van der Waals surface area (Å²) in [7, 11) is 0. The first-order valence-corrected chi connectivity index (χ1v) is 6.93. The highest BCUT2D eigenvalue weighted by Gasteiger charge is 2.01. The second-order valence-electron chi connectivity index (χ2n) is 3.25. The van der Waals surface area contributed by atoms with Gasteiger partial charge < -0.3 is 10.1 Å². The van der Waals surface area contributed by atoms with Gasteiger partial charge in [-0.2, -0.15) is 0 Å². The van der Waals surface area contributed by atoms with Gasteiger partial charge in [-0.1, -0.05) is 18.2 Å². The predicted molar refractivity (Wildman–Crippen MR) is 71.7 cm³/mol. The number of carbonyl (C=O) groups excluding carboxylic acids is 1. The molecule has 1 N–H and O–H groups in total. The molecule has 0 spiro atoms. The Kier molecular flexibility index (Phi) is 7.88. The van der Waals surface area contributed by atoms with Gasteiger partial charge in [-0.15, -0.1) is 23.4 Å². The van der Waals surface area contributed by atoms with Crippen molar-refractivity contribution in [1.29, 1.82) is 0 Å². The standard InChI is InChI=1S/C12H16ClNO2S/c13-6-8-16-9-7-14-12(15)10-17-11-4-2-1-3-5-11/h1-5H,6-10H2,(H,14,15). The number of carbonyl (C=O) groups is 1. The van der Waals surface area contributed by atoms with Crippen LogP contribution in [0.5, 0.6) is 0 Å². The van der Waals surface area contributed by atoms with E-state index in [0.29, 0.717) is 31.4 Å². The van der Waals surface area contributed by atoms with Crippen molar-refractivity contribution in [1.82, 2.24) is 5.32 Å². The Bertz CT molecular complexity index is 322. The second-order valence-corrected chi connectivity index (χ2v) is 4.68. The summed E-state index contributed by atoms with van der Waals surface area (Å²) in [6.07, 6.45) is 0. The number of benzene rings is 1. The Morgan fingerprint density at radius 2 is 2.06 bits per heavy atom. The summed E-state index contributed by atoms with van der Waals surface area (Å²) in [5.41, 5.74) is 0. The maximum atomic E-state index is 11.4. The van der Waals surface area contributed by atoms with Crippen molar-refractivity contribution in [3.8, 4) is 0 Å². The number of amides is 1. The van der Waals surface area contributed by atoms with Gasteiger partial charge in [0.2, 0.25) is 5.91 Å². The molecule has 5 heteroatoms. The molecule has 94 valence electrons. The van der Waals surface area contributed by atoms with Crippen LogP contribution in [0.1, 0.15) is 0 Å². The zero-order valence-corrected chi connectivity index (χ0v) is 11.1. The van der Waals surface area contributed by atoms with Crippen molar-refractivity contribution in [2.75, 3.05) is 31.4 Å². The third-order valence-corrected chi connectivity index (χ3v) is 3.07. The van der Waals surface area contributed by atoms with E-state index in [9.17, 15) is 4.79 Å². The zero-order valence-electron chi connectivity index (χ0n) is 9.52. The quantitative estimate of drug-likeness (QED) is 0.448. The highest BCUT2D eigenvalue weighted by molar-refractivity contribution is 8.00. The molecule has 17 heavy (non-hydrogen) atoms. The van der Waals surface area contributed by atoms with E-state index in [-0.39, 0.29) is 5.91 Å². The van der Waals surface area contributed by atoms with Gasteiger partial charge in [0.05, 0.1) is 19.0 Å². The van der Waals surface area contributed by atoms with E-state index in [0.717, 1.165) is 4.90 Å². The number of halogens is 1. The van der Waals surface area contributed by atoms with Crippen molar-refractivity contribution in [2.24, 2.45) is 0 Å². The Morgan fingerprint density at radius 3 is 2.76 bits per heavy atom. The molecule has 0 bridgehead atoms. The van der Waals surface area contributed by atoms with Gasteiger partial charge in [0, 0.05) is 17.3 Å². The lowest BCUT2D eigenvalue weighted by atomic mass is 10.4. The van der Waals surface area contributed by atoms with Crippen LogP contribution >= 0.6 is 23.4 Å². The SMILES string of the molecule is O=C(CSc1ccccc1)NCCOCCCl. The summed E-state index contributed by atoms with van der Waals surface area (Å²) < 4.78 is 5.14. The van der Waals surface area contributed by atoms with Crippen molar-refractivity contribution in [3.63, 3.8) is 0 Å². The van der Waals surface area contributed by atoms with Crippen LogP contribution < -0.4 is 5.32 Å². The lowest BCUT2D eigenvalue weighted by Gasteiger charge is -2.05. The number of hydrogen-bond donors (Lipinski definition) is 1. The molecule has 3 nitrogen and oxygen atoms in total. The van der Waals surface area contributed by atoms with Crippen molar-refractivity contribution >= 4 is 29.3 Å². The molecule has 0 radical (unpaired) electrons. The molecule has 0 unspecified atom stereocenters. The van der Waals surface area contributed by atoms with Gasteiger partial charge in [0.1, 0.15) is 0 Å². The van der Waals surface area contributed by atoms with Gasteiger partial charge in [-0.25, -0.2) is 0 Å². The summed E-state index contributed by atoms with van der Waals surface area (Å²) >= 11 is 6.97. The molecule has 0 fully saturated rings. The van der Waals surface area contributed by atoms with Gasteiger partial charge in [-0.3, -0.25) is 4.79 Å². The molecule has 1 rings (SSSR count). The molecular weight excluding hydrogens is 258 g/mol. The number of alkyl halides is 1. The molecule has 0 aliphatic carbocycles. The summed E-state index contributed by atoms with van der Waals surface area (Å²) in [5.74, 6) is 0.936. The van der Waals surface area contributed by atoms with Crippen LogP contribution in [0.3, 0.4) is 0 Å².